The van der Waals surface area contributed by atoms with E-state index in [1.165, 1.54) is 17.0 Å². The van der Waals surface area contributed by atoms with Gasteiger partial charge in [-0.3, -0.25) is 4.79 Å². The van der Waals surface area contributed by atoms with E-state index in [9.17, 15) is 13.6 Å². The van der Waals surface area contributed by atoms with Gasteiger partial charge in [-0.05, 0) is 38.8 Å². The number of benzene rings is 1. The second kappa shape index (κ2) is 7.68. The number of nitrogens with one attached hydrogen (secondary N) is 1. The smallest absolute Gasteiger partial charge is 0.231 e. The average Bonchev–Trinajstić information content (AvgIpc) is 2.52. The molecule has 1 N–H and O–H groups in total. The molecule has 0 spiro atoms. The van der Waals surface area contributed by atoms with Gasteiger partial charge in [-0.1, -0.05) is 6.07 Å². The summed E-state index contributed by atoms with van der Waals surface area (Å²) in [5.41, 5.74) is 0.782. The summed E-state index contributed by atoms with van der Waals surface area (Å²) < 4.78 is 26.3. The van der Waals surface area contributed by atoms with Gasteiger partial charge in [-0.25, -0.2) is 8.78 Å². The highest BCUT2D eigenvalue weighted by Gasteiger charge is 2.30. The molecule has 1 heterocycles. The summed E-state index contributed by atoms with van der Waals surface area (Å²) in [7, 11) is 0. The van der Waals surface area contributed by atoms with E-state index < -0.39 is 11.6 Å². The van der Waals surface area contributed by atoms with Crippen molar-refractivity contribution in [3.05, 3.63) is 35.4 Å². The molecule has 1 unspecified atom stereocenters. The van der Waals surface area contributed by atoms with Crippen LogP contribution in [0.25, 0.3) is 0 Å². The summed E-state index contributed by atoms with van der Waals surface area (Å²) in [6, 6.07) is 4.06. The van der Waals surface area contributed by atoms with Gasteiger partial charge in [0.25, 0.3) is 0 Å². The number of hydrogen-bond donors (Lipinski definition) is 1. The molecule has 2 rings (SSSR count). The third-order valence-corrected chi connectivity index (χ3v) is 4.48. The molecule has 1 aromatic rings. The number of halogens is 2. The van der Waals surface area contributed by atoms with Crippen molar-refractivity contribution in [1.82, 2.24) is 4.90 Å². The number of carbonyl (C=O) groups excluding carboxylic acids is 1. The second-order valence-electron chi connectivity index (χ2n) is 5.98. The number of hydrogen-bond acceptors (Lipinski definition) is 1. The molecule has 1 saturated heterocycles. The highest BCUT2D eigenvalue weighted by molar-refractivity contribution is 5.78. The molecule has 0 radical (unpaired) electrons. The average molecular weight is 311 g/mol. The number of rotatable bonds is 5. The lowest BCUT2D eigenvalue weighted by Crippen LogP contribution is -3.12. The lowest BCUT2D eigenvalue weighted by atomic mass is 9.96. The van der Waals surface area contributed by atoms with Crippen LogP contribution in [-0.4, -0.2) is 37.0 Å². The zero-order chi connectivity index (χ0) is 16.1. The van der Waals surface area contributed by atoms with Crippen molar-refractivity contribution in [3.8, 4) is 0 Å². The molecule has 1 fully saturated rings. The third-order valence-electron chi connectivity index (χ3n) is 4.48. The van der Waals surface area contributed by atoms with E-state index in [4.69, 9.17) is 0 Å². The van der Waals surface area contributed by atoms with Gasteiger partial charge < -0.3 is 9.80 Å². The Hall–Kier alpha value is -1.49. The van der Waals surface area contributed by atoms with Crippen LogP contribution >= 0.6 is 0 Å². The Morgan fingerprint density at radius 3 is 2.64 bits per heavy atom. The fourth-order valence-electron chi connectivity index (χ4n) is 3.25. The van der Waals surface area contributed by atoms with Crippen LogP contribution in [0.2, 0.25) is 0 Å². The lowest BCUT2D eigenvalue weighted by molar-refractivity contribution is -0.921. The SMILES string of the molecule is CCN(CC)C(=O)[C@H]1CCC[NH+](Cc2ccc(F)c(F)c2)C1. The van der Waals surface area contributed by atoms with Gasteiger partial charge in [0.2, 0.25) is 5.91 Å². The number of amides is 1. The first-order chi connectivity index (χ1) is 10.5. The van der Waals surface area contributed by atoms with Gasteiger partial charge in [-0.15, -0.1) is 0 Å². The quantitative estimate of drug-likeness (QED) is 0.878. The van der Waals surface area contributed by atoms with Crippen LogP contribution in [0.15, 0.2) is 18.2 Å². The summed E-state index contributed by atoms with van der Waals surface area (Å²) in [5, 5.41) is 0. The maximum absolute atomic E-state index is 13.3. The highest BCUT2D eigenvalue weighted by Crippen LogP contribution is 2.13. The molecule has 0 aliphatic carbocycles. The second-order valence-corrected chi connectivity index (χ2v) is 5.98. The standard InChI is InChI=1S/C17H24F2N2O/c1-3-21(4-2)17(22)14-6-5-9-20(12-14)11-13-7-8-15(18)16(19)10-13/h7-8,10,14H,3-6,9,11-12H2,1-2H3/p+1/t14-/m0/s1. The van der Waals surface area contributed by atoms with Gasteiger partial charge in [0.1, 0.15) is 6.54 Å². The van der Waals surface area contributed by atoms with Crippen molar-refractivity contribution >= 4 is 5.91 Å². The zero-order valence-electron chi connectivity index (χ0n) is 13.4. The minimum Gasteiger partial charge on any atom is -0.343 e. The van der Waals surface area contributed by atoms with E-state index in [0.29, 0.717) is 6.54 Å². The van der Waals surface area contributed by atoms with Gasteiger partial charge >= 0.3 is 0 Å². The number of likely N-dealkylation sites (tertiary alicyclic amines) is 1. The van der Waals surface area contributed by atoms with Crippen molar-refractivity contribution in [1.29, 1.82) is 0 Å². The highest BCUT2D eigenvalue weighted by atomic mass is 19.2. The lowest BCUT2D eigenvalue weighted by Gasteiger charge is -2.32. The fraction of sp³-hybridized carbons (Fsp3) is 0.588. The molecule has 0 aromatic heterocycles. The van der Waals surface area contributed by atoms with Crippen LogP contribution in [0.4, 0.5) is 8.78 Å². The number of quaternary nitrogens is 1. The minimum absolute atomic E-state index is 0.0499. The Kier molecular flexibility index (Phi) is 5.89. The summed E-state index contributed by atoms with van der Waals surface area (Å²) in [4.78, 5) is 15.6. The first-order valence-electron chi connectivity index (χ1n) is 8.11. The molecule has 5 heteroatoms. The summed E-state index contributed by atoms with van der Waals surface area (Å²) in [6.45, 7) is 7.86. The number of piperidine rings is 1. The van der Waals surface area contributed by atoms with E-state index in [1.807, 2.05) is 18.7 Å². The Morgan fingerprint density at radius 1 is 1.27 bits per heavy atom. The van der Waals surface area contributed by atoms with Gasteiger partial charge in [0, 0.05) is 18.7 Å². The molecular weight excluding hydrogens is 286 g/mol. The molecule has 2 atom stereocenters. The van der Waals surface area contributed by atoms with Crippen LogP contribution < -0.4 is 4.90 Å². The van der Waals surface area contributed by atoms with Crippen LogP contribution in [0, 0.1) is 17.6 Å². The molecule has 0 saturated carbocycles. The molecule has 0 bridgehead atoms. The maximum Gasteiger partial charge on any atom is 0.231 e. The van der Waals surface area contributed by atoms with Crippen molar-refractivity contribution in [2.24, 2.45) is 5.92 Å². The predicted molar refractivity (Wildman–Crippen MR) is 81.4 cm³/mol. The van der Waals surface area contributed by atoms with Crippen molar-refractivity contribution in [2.75, 3.05) is 26.2 Å². The van der Waals surface area contributed by atoms with E-state index in [1.54, 1.807) is 6.07 Å². The summed E-state index contributed by atoms with van der Waals surface area (Å²) in [5.74, 6) is -1.34. The van der Waals surface area contributed by atoms with E-state index in [-0.39, 0.29) is 11.8 Å². The van der Waals surface area contributed by atoms with Gasteiger partial charge in [0.15, 0.2) is 11.6 Å². The van der Waals surface area contributed by atoms with Crippen molar-refractivity contribution in [3.63, 3.8) is 0 Å². The van der Waals surface area contributed by atoms with Crippen LogP contribution in [0.1, 0.15) is 32.3 Å². The first kappa shape index (κ1) is 16.9. The van der Waals surface area contributed by atoms with Crippen molar-refractivity contribution in [2.45, 2.75) is 33.2 Å². The normalized spacial score (nSPS) is 21.6. The molecule has 1 aliphatic heterocycles. The Morgan fingerprint density at radius 2 is 2.00 bits per heavy atom. The number of nitrogens with zero attached hydrogens (tertiary/aromatic N) is 1. The molecule has 1 amide bonds. The largest absolute Gasteiger partial charge is 0.343 e. The predicted octanol–water partition coefficient (Wildman–Crippen LogP) is 1.63. The van der Waals surface area contributed by atoms with Gasteiger partial charge in [0.05, 0.1) is 19.0 Å². The molecule has 3 nitrogen and oxygen atoms in total. The van der Waals surface area contributed by atoms with E-state index in [2.05, 4.69) is 0 Å². The molecule has 1 aromatic carbocycles. The fourth-order valence-corrected chi connectivity index (χ4v) is 3.25. The third kappa shape index (κ3) is 4.03. The van der Waals surface area contributed by atoms with Crippen LogP contribution in [0.5, 0.6) is 0 Å². The van der Waals surface area contributed by atoms with Crippen molar-refractivity contribution < 1.29 is 18.5 Å². The van der Waals surface area contributed by atoms with Crippen LogP contribution in [0.3, 0.4) is 0 Å². The van der Waals surface area contributed by atoms with Gasteiger partial charge in [-0.2, -0.15) is 0 Å². The summed E-state index contributed by atoms with van der Waals surface area (Å²) in [6.07, 6.45) is 1.92. The number of carbonyl (C=O) groups is 1. The maximum atomic E-state index is 13.3. The minimum atomic E-state index is -0.813. The first-order valence-corrected chi connectivity index (χ1v) is 8.11. The zero-order valence-corrected chi connectivity index (χ0v) is 13.4. The molecule has 22 heavy (non-hydrogen) atoms. The Labute approximate surface area is 130 Å². The van der Waals surface area contributed by atoms with E-state index >= 15 is 0 Å². The summed E-state index contributed by atoms with van der Waals surface area (Å²) >= 11 is 0. The Bertz CT molecular complexity index is 517. The molecule has 122 valence electrons. The topological polar surface area (TPSA) is 24.8 Å². The van der Waals surface area contributed by atoms with Crippen LogP contribution in [-0.2, 0) is 11.3 Å². The molecular formula is C17H25F2N2O+. The monoisotopic (exact) mass is 311 g/mol. The Balaban J connectivity index is 1.98. The van der Waals surface area contributed by atoms with E-state index in [0.717, 1.165) is 44.6 Å². The molecule has 1 aliphatic rings.